The van der Waals surface area contributed by atoms with E-state index in [-0.39, 0.29) is 4.90 Å². The predicted octanol–water partition coefficient (Wildman–Crippen LogP) is 3.31. The van der Waals surface area contributed by atoms with Crippen LogP contribution in [0.25, 0.3) is 0 Å². The van der Waals surface area contributed by atoms with Crippen molar-refractivity contribution >= 4 is 55.9 Å². The van der Waals surface area contributed by atoms with E-state index in [1.807, 2.05) is 22.6 Å². The Morgan fingerprint density at radius 2 is 1.78 bits per heavy atom. The highest BCUT2D eigenvalue weighted by molar-refractivity contribution is 14.1. The summed E-state index contributed by atoms with van der Waals surface area (Å²) in [4.78, 5) is 11.7. The molecule has 0 atom stereocenters. The molecule has 0 unspecified atom stereocenters. The Bertz CT molecular complexity index is 808. The predicted molar refractivity (Wildman–Crippen MR) is 97.2 cm³/mol. The Morgan fingerprint density at radius 1 is 1.17 bits per heavy atom. The summed E-state index contributed by atoms with van der Waals surface area (Å²) in [6, 6.07) is 12.7. The minimum Gasteiger partial charge on any atom is -0.468 e. The molecule has 0 aromatic heterocycles. The average Bonchev–Trinajstić information content (AvgIpc) is 2.53. The molecule has 0 aliphatic carbocycles. The van der Waals surface area contributed by atoms with E-state index in [4.69, 9.17) is 11.6 Å². The number of hydrogen-bond donors (Lipinski definition) is 0. The van der Waals surface area contributed by atoms with Gasteiger partial charge >= 0.3 is 5.97 Å². The molecule has 0 radical (unpaired) electrons. The normalized spacial score (nSPS) is 11.1. The number of sulfonamides is 1. The molecule has 0 spiro atoms. The van der Waals surface area contributed by atoms with E-state index >= 15 is 0 Å². The summed E-state index contributed by atoms with van der Waals surface area (Å²) < 4.78 is 32.2. The standard InChI is InChI=1S/C15H13ClINO4S/c1-22-15(19)10-18(14-5-3-2-4-13(14)17)23(20,21)12-8-6-11(16)7-9-12/h2-9H,10H2,1H3. The summed E-state index contributed by atoms with van der Waals surface area (Å²) in [6.45, 7) is -0.415. The number of carbonyl (C=O) groups is 1. The number of methoxy groups -OCH3 is 1. The van der Waals surface area contributed by atoms with Crippen molar-refractivity contribution in [2.24, 2.45) is 0 Å². The van der Waals surface area contributed by atoms with Crippen LogP contribution in [0, 0.1) is 3.57 Å². The first-order chi connectivity index (χ1) is 10.9. The van der Waals surface area contributed by atoms with Gasteiger partial charge < -0.3 is 4.74 Å². The van der Waals surface area contributed by atoms with Gasteiger partial charge in [0.2, 0.25) is 0 Å². The third-order valence-electron chi connectivity index (χ3n) is 3.02. The number of halogens is 2. The van der Waals surface area contributed by atoms with Crippen LogP contribution in [-0.4, -0.2) is 28.0 Å². The van der Waals surface area contributed by atoms with Crippen molar-refractivity contribution in [2.75, 3.05) is 18.0 Å². The largest absolute Gasteiger partial charge is 0.468 e. The number of benzene rings is 2. The summed E-state index contributed by atoms with van der Waals surface area (Å²) in [5.41, 5.74) is 0.411. The van der Waals surface area contributed by atoms with E-state index in [0.29, 0.717) is 14.3 Å². The molecule has 122 valence electrons. The molecule has 0 N–H and O–H groups in total. The van der Waals surface area contributed by atoms with E-state index in [9.17, 15) is 13.2 Å². The number of rotatable bonds is 5. The molecule has 5 nitrogen and oxygen atoms in total. The maximum Gasteiger partial charge on any atom is 0.326 e. The minimum atomic E-state index is -3.93. The second kappa shape index (κ2) is 7.50. The van der Waals surface area contributed by atoms with Crippen molar-refractivity contribution in [3.63, 3.8) is 0 Å². The number of carbonyl (C=O) groups excluding carboxylic acids is 1. The van der Waals surface area contributed by atoms with Crippen LogP contribution in [0.4, 0.5) is 5.69 Å². The van der Waals surface area contributed by atoms with Crippen molar-refractivity contribution in [1.82, 2.24) is 0 Å². The lowest BCUT2D eigenvalue weighted by atomic mass is 10.3. The topological polar surface area (TPSA) is 63.7 Å². The molecule has 0 aliphatic heterocycles. The molecule has 0 saturated carbocycles. The highest BCUT2D eigenvalue weighted by Crippen LogP contribution is 2.28. The molecule has 0 aliphatic rings. The molecular weight excluding hydrogens is 453 g/mol. The Kier molecular flexibility index (Phi) is 5.88. The van der Waals surface area contributed by atoms with Gasteiger partial charge in [0.05, 0.1) is 17.7 Å². The Morgan fingerprint density at radius 3 is 2.35 bits per heavy atom. The van der Waals surface area contributed by atoms with Gasteiger partial charge in [-0.05, 0) is 59.0 Å². The summed E-state index contributed by atoms with van der Waals surface area (Å²) in [6.07, 6.45) is 0. The third-order valence-corrected chi connectivity index (χ3v) is 5.96. The van der Waals surface area contributed by atoms with Crippen LogP contribution in [0.15, 0.2) is 53.4 Å². The van der Waals surface area contributed by atoms with Gasteiger partial charge in [-0.15, -0.1) is 0 Å². The van der Waals surface area contributed by atoms with Crippen LogP contribution < -0.4 is 4.31 Å². The van der Waals surface area contributed by atoms with E-state index in [0.717, 1.165) is 4.31 Å². The van der Waals surface area contributed by atoms with E-state index in [2.05, 4.69) is 4.74 Å². The number of para-hydroxylation sites is 1. The molecule has 23 heavy (non-hydrogen) atoms. The van der Waals surface area contributed by atoms with Crippen LogP contribution in [0.2, 0.25) is 5.02 Å². The van der Waals surface area contributed by atoms with Crippen LogP contribution >= 0.6 is 34.2 Å². The van der Waals surface area contributed by atoms with Crippen molar-refractivity contribution in [1.29, 1.82) is 0 Å². The maximum atomic E-state index is 12.9. The number of ether oxygens (including phenoxy) is 1. The van der Waals surface area contributed by atoms with Crippen molar-refractivity contribution in [3.05, 3.63) is 57.1 Å². The third kappa shape index (κ3) is 4.15. The zero-order valence-electron chi connectivity index (χ0n) is 12.1. The monoisotopic (exact) mass is 465 g/mol. The van der Waals surface area contributed by atoms with Gasteiger partial charge in [0, 0.05) is 8.59 Å². The molecule has 0 amide bonds. The first-order valence-electron chi connectivity index (χ1n) is 6.46. The Labute approximate surface area is 153 Å². The zero-order chi connectivity index (χ0) is 17.0. The fourth-order valence-electron chi connectivity index (χ4n) is 1.87. The van der Waals surface area contributed by atoms with Gasteiger partial charge in [-0.25, -0.2) is 8.42 Å². The van der Waals surface area contributed by atoms with Gasteiger partial charge in [0.15, 0.2) is 0 Å². The quantitative estimate of drug-likeness (QED) is 0.502. The molecular formula is C15H13ClINO4S. The Balaban J connectivity index is 2.54. The fraction of sp³-hybridized carbons (Fsp3) is 0.133. The van der Waals surface area contributed by atoms with E-state index in [1.165, 1.54) is 31.4 Å². The lowest BCUT2D eigenvalue weighted by molar-refractivity contribution is -0.138. The van der Waals surface area contributed by atoms with Crippen LogP contribution in [-0.2, 0) is 19.6 Å². The van der Waals surface area contributed by atoms with Crippen LogP contribution in [0.3, 0.4) is 0 Å². The minimum absolute atomic E-state index is 0.0467. The number of hydrogen-bond acceptors (Lipinski definition) is 4. The summed E-state index contributed by atoms with van der Waals surface area (Å²) in [7, 11) is -2.72. The fourth-order valence-corrected chi connectivity index (χ4v) is 4.27. The van der Waals surface area contributed by atoms with Crippen molar-refractivity contribution in [3.8, 4) is 0 Å². The molecule has 8 heteroatoms. The molecule has 0 bridgehead atoms. The maximum absolute atomic E-state index is 12.9. The highest BCUT2D eigenvalue weighted by Gasteiger charge is 2.28. The van der Waals surface area contributed by atoms with Gasteiger partial charge in [-0.3, -0.25) is 9.10 Å². The number of esters is 1. The van der Waals surface area contributed by atoms with Gasteiger partial charge in [0.25, 0.3) is 10.0 Å². The van der Waals surface area contributed by atoms with Gasteiger partial charge in [-0.2, -0.15) is 0 Å². The molecule has 0 saturated heterocycles. The zero-order valence-corrected chi connectivity index (χ0v) is 15.8. The summed E-state index contributed by atoms with van der Waals surface area (Å²) in [5.74, 6) is -0.651. The van der Waals surface area contributed by atoms with Crippen LogP contribution in [0.5, 0.6) is 0 Å². The second-order valence-corrected chi connectivity index (χ2v) is 7.95. The number of anilines is 1. The SMILES string of the molecule is COC(=O)CN(c1ccccc1I)S(=O)(=O)c1ccc(Cl)cc1. The Hall–Kier alpha value is -1.32. The average molecular weight is 466 g/mol. The molecule has 0 fully saturated rings. The molecule has 2 aromatic carbocycles. The first-order valence-corrected chi connectivity index (χ1v) is 9.35. The van der Waals surface area contributed by atoms with Gasteiger partial charge in [0.1, 0.15) is 6.54 Å². The summed E-state index contributed by atoms with van der Waals surface area (Å²) >= 11 is 7.83. The van der Waals surface area contributed by atoms with Crippen molar-refractivity contribution in [2.45, 2.75) is 4.90 Å². The lowest BCUT2D eigenvalue weighted by Gasteiger charge is -2.24. The van der Waals surface area contributed by atoms with E-state index in [1.54, 1.807) is 24.3 Å². The second-order valence-electron chi connectivity index (χ2n) is 4.49. The summed E-state index contributed by atoms with van der Waals surface area (Å²) in [5, 5.41) is 0.428. The number of nitrogens with zero attached hydrogens (tertiary/aromatic N) is 1. The smallest absolute Gasteiger partial charge is 0.326 e. The molecule has 2 rings (SSSR count). The molecule has 2 aromatic rings. The van der Waals surface area contributed by atoms with Crippen molar-refractivity contribution < 1.29 is 17.9 Å². The highest BCUT2D eigenvalue weighted by atomic mass is 127. The van der Waals surface area contributed by atoms with E-state index < -0.39 is 22.5 Å². The molecule has 0 heterocycles. The van der Waals surface area contributed by atoms with Crippen LogP contribution in [0.1, 0.15) is 0 Å². The van der Waals surface area contributed by atoms with Gasteiger partial charge in [-0.1, -0.05) is 23.7 Å². The first kappa shape index (κ1) is 18.0. The lowest BCUT2D eigenvalue weighted by Crippen LogP contribution is -2.36.